The summed E-state index contributed by atoms with van der Waals surface area (Å²) in [7, 11) is 0. The molecule has 0 bridgehead atoms. The van der Waals surface area contributed by atoms with E-state index in [2.05, 4.69) is 0 Å². The number of para-hydroxylation sites is 2. The van der Waals surface area contributed by atoms with Gasteiger partial charge < -0.3 is 15.2 Å². The van der Waals surface area contributed by atoms with Gasteiger partial charge in [-0.2, -0.15) is 0 Å². The van der Waals surface area contributed by atoms with E-state index in [-0.39, 0.29) is 12.0 Å². The number of primary amides is 1. The molecule has 1 aromatic carbocycles. The standard InChI is InChI=1S/C11H13NO3/c12-11(13)6-5-8-7-14-9-3-1-2-4-10(9)15-8/h1-4,8H,5-7H2,(H2,12,13)/t8-/m0/s1. The van der Waals surface area contributed by atoms with Crippen molar-refractivity contribution in [3.63, 3.8) is 0 Å². The van der Waals surface area contributed by atoms with Crippen LogP contribution in [0.1, 0.15) is 12.8 Å². The molecule has 1 aliphatic rings. The van der Waals surface area contributed by atoms with Crippen molar-refractivity contribution < 1.29 is 14.3 Å². The highest BCUT2D eigenvalue weighted by Gasteiger charge is 2.20. The molecule has 0 aliphatic carbocycles. The van der Waals surface area contributed by atoms with Gasteiger partial charge in [0.2, 0.25) is 5.91 Å². The van der Waals surface area contributed by atoms with Gasteiger partial charge >= 0.3 is 0 Å². The Kier molecular flexibility index (Phi) is 2.76. The van der Waals surface area contributed by atoms with E-state index in [1.54, 1.807) is 0 Å². The highest BCUT2D eigenvalue weighted by Crippen LogP contribution is 2.31. The van der Waals surface area contributed by atoms with Crippen LogP contribution in [0.3, 0.4) is 0 Å². The number of rotatable bonds is 3. The van der Waals surface area contributed by atoms with Gasteiger partial charge in [-0.1, -0.05) is 12.1 Å². The molecule has 0 spiro atoms. The molecule has 1 atom stereocenters. The second kappa shape index (κ2) is 4.21. The molecule has 0 fully saturated rings. The SMILES string of the molecule is NC(=O)CC[C@H]1COc2ccccc2O1. The van der Waals surface area contributed by atoms with Crippen molar-refractivity contribution in [2.45, 2.75) is 18.9 Å². The van der Waals surface area contributed by atoms with Crippen LogP contribution in [-0.2, 0) is 4.79 Å². The summed E-state index contributed by atoms with van der Waals surface area (Å²) >= 11 is 0. The van der Waals surface area contributed by atoms with Crippen LogP contribution in [0.15, 0.2) is 24.3 Å². The van der Waals surface area contributed by atoms with Crippen molar-refractivity contribution in [2.24, 2.45) is 5.73 Å². The molecular formula is C11H13NO3. The molecule has 1 amide bonds. The minimum absolute atomic E-state index is 0.0765. The Balaban J connectivity index is 1.96. The molecule has 15 heavy (non-hydrogen) atoms. The summed E-state index contributed by atoms with van der Waals surface area (Å²) in [6, 6.07) is 7.50. The average molecular weight is 207 g/mol. The van der Waals surface area contributed by atoms with Crippen LogP contribution >= 0.6 is 0 Å². The maximum absolute atomic E-state index is 10.6. The Morgan fingerprint density at radius 2 is 2.13 bits per heavy atom. The van der Waals surface area contributed by atoms with E-state index >= 15 is 0 Å². The maximum atomic E-state index is 10.6. The number of benzene rings is 1. The smallest absolute Gasteiger partial charge is 0.217 e. The van der Waals surface area contributed by atoms with E-state index in [9.17, 15) is 4.79 Å². The fourth-order valence-corrected chi connectivity index (χ4v) is 1.51. The zero-order chi connectivity index (χ0) is 10.7. The van der Waals surface area contributed by atoms with Crippen molar-refractivity contribution in [1.82, 2.24) is 0 Å². The first-order valence-electron chi connectivity index (χ1n) is 4.92. The third-order valence-corrected chi connectivity index (χ3v) is 2.28. The predicted molar refractivity (Wildman–Crippen MR) is 54.8 cm³/mol. The molecule has 2 rings (SSSR count). The summed E-state index contributed by atoms with van der Waals surface area (Å²) in [6.45, 7) is 0.476. The Bertz CT molecular complexity index is 365. The van der Waals surface area contributed by atoms with Crippen molar-refractivity contribution in [3.8, 4) is 11.5 Å². The number of carbonyl (C=O) groups excluding carboxylic acids is 1. The van der Waals surface area contributed by atoms with Crippen LogP contribution in [0.25, 0.3) is 0 Å². The number of hydrogen-bond donors (Lipinski definition) is 1. The molecule has 1 heterocycles. The fourth-order valence-electron chi connectivity index (χ4n) is 1.51. The fraction of sp³-hybridized carbons (Fsp3) is 0.364. The summed E-state index contributed by atoms with van der Waals surface area (Å²) < 4.78 is 11.1. The number of amides is 1. The van der Waals surface area contributed by atoms with Gasteiger partial charge in [0, 0.05) is 6.42 Å². The second-order valence-corrected chi connectivity index (χ2v) is 3.50. The van der Waals surface area contributed by atoms with Gasteiger partial charge in [0.15, 0.2) is 11.5 Å². The molecule has 4 heteroatoms. The van der Waals surface area contributed by atoms with Crippen LogP contribution in [0.4, 0.5) is 0 Å². The molecule has 2 N–H and O–H groups in total. The van der Waals surface area contributed by atoms with E-state index in [0.29, 0.717) is 19.4 Å². The molecule has 80 valence electrons. The van der Waals surface area contributed by atoms with Crippen molar-refractivity contribution in [3.05, 3.63) is 24.3 Å². The Labute approximate surface area is 88.0 Å². The highest BCUT2D eigenvalue weighted by atomic mass is 16.6. The summed E-state index contributed by atoms with van der Waals surface area (Å²) in [5.74, 6) is 1.18. The van der Waals surface area contributed by atoms with Gasteiger partial charge in [-0.25, -0.2) is 0 Å². The first kappa shape index (κ1) is 9.83. The van der Waals surface area contributed by atoms with Crippen LogP contribution in [0.2, 0.25) is 0 Å². The highest BCUT2D eigenvalue weighted by molar-refractivity contribution is 5.73. The minimum atomic E-state index is -0.308. The Morgan fingerprint density at radius 1 is 1.40 bits per heavy atom. The lowest BCUT2D eigenvalue weighted by atomic mass is 10.2. The van der Waals surface area contributed by atoms with Crippen molar-refractivity contribution in [1.29, 1.82) is 0 Å². The zero-order valence-electron chi connectivity index (χ0n) is 8.31. The lowest BCUT2D eigenvalue weighted by Gasteiger charge is -2.26. The zero-order valence-corrected chi connectivity index (χ0v) is 8.31. The lowest BCUT2D eigenvalue weighted by molar-refractivity contribution is -0.118. The number of fused-ring (bicyclic) bond motifs is 1. The molecular weight excluding hydrogens is 194 g/mol. The Morgan fingerprint density at radius 3 is 2.87 bits per heavy atom. The first-order valence-corrected chi connectivity index (χ1v) is 4.92. The Hall–Kier alpha value is -1.71. The summed E-state index contributed by atoms with van der Waals surface area (Å²) in [5.41, 5.74) is 5.07. The third kappa shape index (κ3) is 2.40. The first-order chi connectivity index (χ1) is 7.25. The molecule has 4 nitrogen and oxygen atoms in total. The van der Waals surface area contributed by atoms with E-state index in [4.69, 9.17) is 15.2 Å². The lowest BCUT2D eigenvalue weighted by Crippen LogP contribution is -2.30. The van der Waals surface area contributed by atoms with Crippen molar-refractivity contribution >= 4 is 5.91 Å². The molecule has 1 aliphatic heterocycles. The third-order valence-electron chi connectivity index (χ3n) is 2.28. The van der Waals surface area contributed by atoms with Gasteiger partial charge in [-0.05, 0) is 18.6 Å². The minimum Gasteiger partial charge on any atom is -0.486 e. The molecule has 0 radical (unpaired) electrons. The van der Waals surface area contributed by atoms with Gasteiger partial charge in [-0.15, -0.1) is 0 Å². The molecule has 0 unspecified atom stereocenters. The monoisotopic (exact) mass is 207 g/mol. The number of nitrogens with two attached hydrogens (primary N) is 1. The predicted octanol–water partition coefficient (Wildman–Crippen LogP) is 1.09. The van der Waals surface area contributed by atoms with E-state index < -0.39 is 0 Å². The molecule has 0 saturated carbocycles. The summed E-state index contributed by atoms with van der Waals surface area (Å²) in [5, 5.41) is 0. The van der Waals surface area contributed by atoms with Gasteiger partial charge in [0.05, 0.1) is 0 Å². The van der Waals surface area contributed by atoms with Crippen LogP contribution in [0.5, 0.6) is 11.5 Å². The summed E-state index contributed by atoms with van der Waals surface area (Å²) in [6.07, 6.45) is 0.854. The van der Waals surface area contributed by atoms with E-state index in [0.717, 1.165) is 11.5 Å². The topological polar surface area (TPSA) is 61.6 Å². The van der Waals surface area contributed by atoms with Gasteiger partial charge in [0.25, 0.3) is 0 Å². The second-order valence-electron chi connectivity index (χ2n) is 3.50. The van der Waals surface area contributed by atoms with Gasteiger partial charge in [-0.3, -0.25) is 4.79 Å². The molecule has 1 aromatic rings. The maximum Gasteiger partial charge on any atom is 0.217 e. The number of hydrogen-bond acceptors (Lipinski definition) is 3. The molecule has 0 saturated heterocycles. The normalized spacial score (nSPS) is 18.5. The van der Waals surface area contributed by atoms with E-state index in [1.807, 2.05) is 24.3 Å². The van der Waals surface area contributed by atoms with Crippen LogP contribution < -0.4 is 15.2 Å². The number of ether oxygens (including phenoxy) is 2. The van der Waals surface area contributed by atoms with Crippen LogP contribution in [0, 0.1) is 0 Å². The van der Waals surface area contributed by atoms with Crippen LogP contribution in [-0.4, -0.2) is 18.6 Å². The number of carbonyl (C=O) groups is 1. The summed E-state index contributed by atoms with van der Waals surface area (Å²) in [4.78, 5) is 10.6. The largest absolute Gasteiger partial charge is 0.486 e. The molecule has 0 aromatic heterocycles. The quantitative estimate of drug-likeness (QED) is 0.807. The average Bonchev–Trinajstić information content (AvgIpc) is 2.26. The van der Waals surface area contributed by atoms with Crippen molar-refractivity contribution in [2.75, 3.05) is 6.61 Å². The van der Waals surface area contributed by atoms with E-state index in [1.165, 1.54) is 0 Å². The van der Waals surface area contributed by atoms with Gasteiger partial charge in [0.1, 0.15) is 12.7 Å².